The van der Waals surface area contributed by atoms with E-state index in [0.717, 1.165) is 103 Å². The largest absolute Gasteiger partial charge is 0.462 e. The van der Waals surface area contributed by atoms with Gasteiger partial charge in [-0.15, -0.1) is 0 Å². The van der Waals surface area contributed by atoms with Crippen molar-refractivity contribution < 1.29 is 28.6 Å². The number of hydrogen-bond donors (Lipinski definition) is 0. The minimum absolute atomic E-state index is 0.111. The van der Waals surface area contributed by atoms with Crippen molar-refractivity contribution >= 4 is 17.9 Å². The molecule has 0 fully saturated rings. The molecule has 0 aromatic rings. The van der Waals surface area contributed by atoms with E-state index in [2.05, 4.69) is 124 Å². The summed E-state index contributed by atoms with van der Waals surface area (Å²) in [6.07, 6.45) is 92.6. The van der Waals surface area contributed by atoms with Gasteiger partial charge in [-0.1, -0.05) is 316 Å². The number of hydrogen-bond acceptors (Lipinski definition) is 6. The molecular weight excluding hydrogens is 985 g/mol. The summed E-state index contributed by atoms with van der Waals surface area (Å²) in [4.78, 5) is 38.4. The SMILES string of the molecule is CC/C=C\C/C=C\C/C=C\C/C=C\C/C=C\C/C=C\CCC(=O)OC(COC(=O)CCCCCCCC/C=C\C/C=C\C/C=C\CCCCC)COC(=O)CCCCCCCCCCCCCCCCCCCCCCCCCC. The fourth-order valence-corrected chi connectivity index (χ4v) is 9.48. The standard InChI is InChI=1S/C74H126O6/c1-4-7-10-13-16-19-22-25-28-31-34-35-36-37-38-41-43-46-49-52-55-58-61-64-67-73(76)79-70-71(80-74(77)68-65-62-59-56-53-50-47-44-40-33-30-27-24-21-18-15-12-9-6-3)69-78-72(75)66-63-60-57-54-51-48-45-42-39-32-29-26-23-20-17-14-11-8-5-2/h9,12,17-18,20-21,26-27,29-30,39-40,42,44,50,53,59,62,71H,4-8,10-11,13-16,19,22-25,28,31-38,41,43,45-49,51-52,54-58,60-61,63-70H2,1-3H3/b12-9-,20-17-,21-18-,29-26-,30-27-,42-39-,44-40-,53-50-,62-59-. The average Bonchev–Trinajstić information content (AvgIpc) is 3.46. The second-order valence-corrected chi connectivity index (χ2v) is 22.4. The van der Waals surface area contributed by atoms with Crippen molar-refractivity contribution in [3.8, 4) is 0 Å². The van der Waals surface area contributed by atoms with Gasteiger partial charge in [-0.3, -0.25) is 14.4 Å². The molecule has 0 aliphatic heterocycles. The Morgan fingerprint density at radius 3 is 0.838 bits per heavy atom. The zero-order chi connectivity index (χ0) is 57.8. The second-order valence-electron chi connectivity index (χ2n) is 22.4. The maximum Gasteiger partial charge on any atom is 0.306 e. The fraction of sp³-hybridized carbons (Fsp3) is 0.716. The smallest absolute Gasteiger partial charge is 0.306 e. The van der Waals surface area contributed by atoms with Crippen LogP contribution in [0.2, 0.25) is 0 Å². The zero-order valence-corrected chi connectivity index (χ0v) is 52.6. The van der Waals surface area contributed by atoms with Crippen LogP contribution < -0.4 is 0 Å². The Kier molecular flexibility index (Phi) is 64.3. The minimum Gasteiger partial charge on any atom is -0.462 e. The van der Waals surface area contributed by atoms with E-state index < -0.39 is 12.1 Å². The topological polar surface area (TPSA) is 78.9 Å². The molecule has 0 aliphatic rings. The van der Waals surface area contributed by atoms with Gasteiger partial charge in [0.1, 0.15) is 13.2 Å². The highest BCUT2D eigenvalue weighted by Gasteiger charge is 2.19. The van der Waals surface area contributed by atoms with Gasteiger partial charge >= 0.3 is 17.9 Å². The summed E-state index contributed by atoms with van der Waals surface area (Å²) < 4.78 is 16.9. The van der Waals surface area contributed by atoms with Crippen LogP contribution in [-0.2, 0) is 28.6 Å². The highest BCUT2D eigenvalue weighted by atomic mass is 16.6. The third-order valence-corrected chi connectivity index (χ3v) is 14.5. The summed E-state index contributed by atoms with van der Waals surface area (Å²) in [7, 11) is 0. The van der Waals surface area contributed by atoms with E-state index in [1.807, 2.05) is 6.08 Å². The van der Waals surface area contributed by atoms with Crippen molar-refractivity contribution in [2.45, 2.75) is 329 Å². The Hall–Kier alpha value is -3.93. The molecule has 0 aromatic carbocycles. The van der Waals surface area contributed by atoms with E-state index in [4.69, 9.17) is 14.2 Å². The molecule has 0 bridgehead atoms. The third-order valence-electron chi connectivity index (χ3n) is 14.5. The van der Waals surface area contributed by atoms with Crippen LogP contribution in [0.5, 0.6) is 0 Å². The van der Waals surface area contributed by atoms with Gasteiger partial charge in [0, 0.05) is 19.3 Å². The van der Waals surface area contributed by atoms with Crippen LogP contribution in [0.15, 0.2) is 109 Å². The van der Waals surface area contributed by atoms with Gasteiger partial charge in [-0.2, -0.15) is 0 Å². The molecule has 0 radical (unpaired) electrons. The van der Waals surface area contributed by atoms with Crippen LogP contribution in [0, 0.1) is 0 Å². The number of allylic oxidation sites excluding steroid dienone is 18. The maximum atomic E-state index is 12.9. The number of unbranched alkanes of at least 4 members (excludes halogenated alkanes) is 32. The lowest BCUT2D eigenvalue weighted by Crippen LogP contribution is -2.30. The summed E-state index contributed by atoms with van der Waals surface area (Å²) in [5.41, 5.74) is 0. The number of carbonyl (C=O) groups is 3. The Balaban J connectivity index is 4.45. The van der Waals surface area contributed by atoms with E-state index in [-0.39, 0.29) is 31.6 Å². The summed E-state index contributed by atoms with van der Waals surface area (Å²) in [5.74, 6) is -0.998. The number of rotatable bonds is 61. The predicted octanol–water partition coefficient (Wildman–Crippen LogP) is 23.4. The van der Waals surface area contributed by atoms with E-state index in [1.165, 1.54) is 173 Å². The van der Waals surface area contributed by atoms with E-state index in [0.29, 0.717) is 19.3 Å². The molecule has 1 atom stereocenters. The molecule has 0 heterocycles. The Morgan fingerprint density at radius 2 is 0.512 bits per heavy atom. The average molecular weight is 1110 g/mol. The third kappa shape index (κ3) is 64.9. The van der Waals surface area contributed by atoms with Gasteiger partial charge in [0.2, 0.25) is 0 Å². The number of esters is 3. The molecule has 0 saturated carbocycles. The molecule has 0 amide bonds. The summed E-state index contributed by atoms with van der Waals surface area (Å²) >= 11 is 0. The fourth-order valence-electron chi connectivity index (χ4n) is 9.48. The quantitative estimate of drug-likeness (QED) is 0.0261. The highest BCUT2D eigenvalue weighted by Crippen LogP contribution is 2.17. The van der Waals surface area contributed by atoms with Crippen LogP contribution in [0.4, 0.5) is 0 Å². The minimum atomic E-state index is -0.827. The molecular formula is C74H126O6. The van der Waals surface area contributed by atoms with Crippen molar-refractivity contribution in [1.29, 1.82) is 0 Å². The van der Waals surface area contributed by atoms with Crippen molar-refractivity contribution in [2.24, 2.45) is 0 Å². The molecule has 0 spiro atoms. The Bertz CT molecular complexity index is 1610. The van der Waals surface area contributed by atoms with Crippen molar-refractivity contribution in [1.82, 2.24) is 0 Å². The normalized spacial score (nSPS) is 12.8. The monoisotopic (exact) mass is 1110 g/mol. The van der Waals surface area contributed by atoms with Gasteiger partial charge in [-0.25, -0.2) is 0 Å². The molecule has 458 valence electrons. The van der Waals surface area contributed by atoms with Crippen LogP contribution in [0.25, 0.3) is 0 Å². The number of carbonyl (C=O) groups excluding carboxylic acids is 3. The van der Waals surface area contributed by atoms with Gasteiger partial charge < -0.3 is 14.2 Å². The first-order chi connectivity index (χ1) is 39.5. The molecule has 1 unspecified atom stereocenters. The lowest BCUT2D eigenvalue weighted by Gasteiger charge is -2.18. The molecule has 0 N–H and O–H groups in total. The van der Waals surface area contributed by atoms with Crippen molar-refractivity contribution in [3.05, 3.63) is 109 Å². The highest BCUT2D eigenvalue weighted by molar-refractivity contribution is 5.71. The summed E-state index contributed by atoms with van der Waals surface area (Å²) in [5, 5.41) is 0. The second kappa shape index (κ2) is 67.6. The Labute approximate surface area is 495 Å². The maximum absolute atomic E-state index is 12.9. The van der Waals surface area contributed by atoms with E-state index in [1.54, 1.807) is 0 Å². The molecule has 0 saturated heterocycles. The first kappa shape index (κ1) is 76.1. The summed E-state index contributed by atoms with van der Waals surface area (Å²) in [6.45, 7) is 6.46. The van der Waals surface area contributed by atoms with Gasteiger partial charge in [0.05, 0.1) is 0 Å². The van der Waals surface area contributed by atoms with Crippen LogP contribution in [0.1, 0.15) is 323 Å². The van der Waals surface area contributed by atoms with Gasteiger partial charge in [0.25, 0.3) is 0 Å². The zero-order valence-electron chi connectivity index (χ0n) is 52.6. The van der Waals surface area contributed by atoms with E-state index in [9.17, 15) is 14.4 Å². The first-order valence-corrected chi connectivity index (χ1v) is 33.9. The predicted molar refractivity (Wildman–Crippen MR) is 348 cm³/mol. The molecule has 80 heavy (non-hydrogen) atoms. The van der Waals surface area contributed by atoms with Gasteiger partial charge in [-0.05, 0) is 96.3 Å². The molecule has 6 heteroatoms. The van der Waals surface area contributed by atoms with E-state index >= 15 is 0 Å². The molecule has 0 aromatic heterocycles. The van der Waals surface area contributed by atoms with Gasteiger partial charge in [0.15, 0.2) is 6.10 Å². The lowest BCUT2D eigenvalue weighted by molar-refractivity contribution is -0.166. The van der Waals surface area contributed by atoms with Crippen LogP contribution in [-0.4, -0.2) is 37.2 Å². The molecule has 0 rings (SSSR count). The molecule has 0 aliphatic carbocycles. The van der Waals surface area contributed by atoms with Crippen LogP contribution in [0.3, 0.4) is 0 Å². The molecule has 6 nitrogen and oxygen atoms in total. The Morgan fingerprint density at radius 1 is 0.263 bits per heavy atom. The number of ether oxygens (including phenoxy) is 3. The summed E-state index contributed by atoms with van der Waals surface area (Å²) in [6, 6.07) is 0. The van der Waals surface area contributed by atoms with Crippen molar-refractivity contribution in [3.63, 3.8) is 0 Å². The van der Waals surface area contributed by atoms with Crippen LogP contribution >= 0.6 is 0 Å². The lowest BCUT2D eigenvalue weighted by atomic mass is 10.0. The van der Waals surface area contributed by atoms with Crippen molar-refractivity contribution in [2.75, 3.05) is 13.2 Å². The first-order valence-electron chi connectivity index (χ1n) is 33.9.